The van der Waals surface area contributed by atoms with Crippen molar-refractivity contribution in [2.45, 2.75) is 105 Å². The Labute approximate surface area is 187 Å². The van der Waals surface area contributed by atoms with Crippen molar-refractivity contribution in [3.8, 4) is 0 Å². The van der Waals surface area contributed by atoms with Gasteiger partial charge in [-0.1, -0.05) is 53.9 Å². The van der Waals surface area contributed by atoms with Gasteiger partial charge in [0.05, 0.1) is 7.11 Å². The van der Waals surface area contributed by atoms with Crippen molar-refractivity contribution in [1.29, 1.82) is 0 Å². The van der Waals surface area contributed by atoms with Crippen molar-refractivity contribution < 1.29 is 4.74 Å². The molecule has 4 aliphatic rings. The first-order valence-electron chi connectivity index (χ1n) is 13.4. The zero-order chi connectivity index (χ0) is 21.5. The molecule has 172 valence electrons. The number of hydrogen-bond acceptors (Lipinski definition) is 2. The summed E-state index contributed by atoms with van der Waals surface area (Å²) in [7, 11) is 1.82. The Bertz CT molecular complexity index is 626. The summed E-state index contributed by atoms with van der Waals surface area (Å²) in [4.78, 5) is 4.80. The number of nitrogens with zero attached hydrogens (tertiary/aromatic N) is 1. The van der Waals surface area contributed by atoms with E-state index in [1.807, 2.05) is 7.11 Å². The summed E-state index contributed by atoms with van der Waals surface area (Å²) in [6.45, 7) is 13.7. The van der Waals surface area contributed by atoms with Gasteiger partial charge in [0.1, 0.15) is 0 Å². The monoisotopic (exact) mass is 415 g/mol. The summed E-state index contributed by atoms with van der Waals surface area (Å²) in [5.74, 6) is 7.44. The Hall–Kier alpha value is -0.530. The normalized spacial score (nSPS) is 44.5. The van der Waals surface area contributed by atoms with E-state index >= 15 is 0 Å². The highest BCUT2D eigenvalue weighted by atomic mass is 16.5. The highest BCUT2D eigenvalue weighted by Gasteiger charge is 2.60. The van der Waals surface area contributed by atoms with Gasteiger partial charge >= 0.3 is 0 Å². The molecule has 2 heteroatoms. The average molecular weight is 416 g/mol. The van der Waals surface area contributed by atoms with Crippen molar-refractivity contribution in [2.24, 2.45) is 57.2 Å². The van der Waals surface area contributed by atoms with Gasteiger partial charge in [0.25, 0.3) is 0 Å². The number of ether oxygens (including phenoxy) is 1. The van der Waals surface area contributed by atoms with Gasteiger partial charge in [-0.2, -0.15) is 0 Å². The zero-order valence-electron chi connectivity index (χ0n) is 20.9. The largest absolute Gasteiger partial charge is 0.484 e. The molecule has 3 aliphatic carbocycles. The molecule has 0 spiro atoms. The summed E-state index contributed by atoms with van der Waals surface area (Å²) in [6.07, 6.45) is 15.5. The molecule has 3 saturated carbocycles. The lowest BCUT2D eigenvalue weighted by Gasteiger charge is -2.59. The molecule has 0 N–H and O–H groups in total. The first-order chi connectivity index (χ1) is 14.3. The van der Waals surface area contributed by atoms with E-state index in [9.17, 15) is 0 Å². The van der Waals surface area contributed by atoms with Crippen LogP contribution in [-0.4, -0.2) is 19.6 Å². The average Bonchev–Trinajstić information content (AvgIpc) is 2.95. The van der Waals surface area contributed by atoms with Crippen LogP contribution in [0.15, 0.2) is 4.99 Å². The fraction of sp³-hybridized carbons (Fsp3) is 0.964. The molecule has 8 atom stereocenters. The third-order valence-electron chi connectivity index (χ3n) is 10.9. The van der Waals surface area contributed by atoms with E-state index in [0.717, 1.165) is 60.3 Å². The van der Waals surface area contributed by atoms with E-state index < -0.39 is 0 Å². The third-order valence-corrected chi connectivity index (χ3v) is 10.9. The molecule has 1 aliphatic heterocycles. The highest BCUT2D eigenvalue weighted by molar-refractivity contribution is 5.76. The lowest BCUT2D eigenvalue weighted by atomic mass is 9.46. The quantitative estimate of drug-likeness (QED) is 0.449. The van der Waals surface area contributed by atoms with Crippen LogP contribution in [-0.2, 0) is 4.74 Å². The zero-order valence-corrected chi connectivity index (χ0v) is 20.9. The number of hydrogen-bond donors (Lipinski definition) is 0. The summed E-state index contributed by atoms with van der Waals surface area (Å²) in [6, 6.07) is 0. The molecule has 0 bridgehead atoms. The van der Waals surface area contributed by atoms with Gasteiger partial charge < -0.3 is 4.74 Å². The minimum Gasteiger partial charge on any atom is -0.484 e. The van der Waals surface area contributed by atoms with Gasteiger partial charge in [-0.25, -0.2) is 0 Å². The molecular weight excluding hydrogens is 366 g/mol. The lowest BCUT2D eigenvalue weighted by Crippen LogP contribution is -2.52. The molecule has 3 fully saturated rings. The Kier molecular flexibility index (Phi) is 6.63. The maximum Gasteiger partial charge on any atom is 0.183 e. The van der Waals surface area contributed by atoms with Crippen LogP contribution >= 0.6 is 0 Å². The van der Waals surface area contributed by atoms with Crippen LogP contribution in [0.25, 0.3) is 0 Å². The van der Waals surface area contributed by atoms with Gasteiger partial charge in [-0.15, -0.1) is 0 Å². The minimum absolute atomic E-state index is 0.481. The summed E-state index contributed by atoms with van der Waals surface area (Å²) in [5.41, 5.74) is 1.09. The van der Waals surface area contributed by atoms with Gasteiger partial charge in [0, 0.05) is 13.0 Å². The van der Waals surface area contributed by atoms with E-state index in [4.69, 9.17) is 9.73 Å². The minimum atomic E-state index is 0.481. The Balaban J connectivity index is 1.47. The van der Waals surface area contributed by atoms with Crippen molar-refractivity contribution in [2.75, 3.05) is 13.7 Å². The van der Waals surface area contributed by atoms with Crippen LogP contribution in [0.4, 0.5) is 0 Å². The van der Waals surface area contributed by atoms with Gasteiger partial charge in [-0.05, 0) is 97.2 Å². The van der Waals surface area contributed by atoms with Crippen LogP contribution in [0.5, 0.6) is 0 Å². The second-order valence-electron chi connectivity index (χ2n) is 12.6. The van der Waals surface area contributed by atoms with Crippen LogP contribution in [0.1, 0.15) is 105 Å². The Morgan fingerprint density at radius 2 is 1.70 bits per heavy atom. The number of rotatable bonds is 5. The molecule has 0 saturated heterocycles. The highest BCUT2D eigenvalue weighted by Crippen LogP contribution is 2.67. The van der Waals surface area contributed by atoms with E-state index in [1.165, 1.54) is 64.2 Å². The maximum atomic E-state index is 5.62. The summed E-state index contributed by atoms with van der Waals surface area (Å²) < 4.78 is 5.62. The Morgan fingerprint density at radius 1 is 0.933 bits per heavy atom. The molecule has 4 rings (SSSR count). The van der Waals surface area contributed by atoms with Crippen LogP contribution in [0.3, 0.4) is 0 Å². The topological polar surface area (TPSA) is 21.6 Å². The van der Waals surface area contributed by atoms with Gasteiger partial charge in [0.2, 0.25) is 0 Å². The van der Waals surface area contributed by atoms with E-state index in [1.54, 1.807) is 0 Å². The number of aliphatic imine (C=N–C) groups is 1. The lowest BCUT2D eigenvalue weighted by molar-refractivity contribution is -0.101. The predicted octanol–water partition coefficient (Wildman–Crippen LogP) is 7.76. The van der Waals surface area contributed by atoms with E-state index in [0.29, 0.717) is 10.8 Å². The van der Waals surface area contributed by atoms with Crippen molar-refractivity contribution >= 4 is 5.90 Å². The SMILES string of the molecule is COC1=NCC[C@@]2(C)[C@@H](CC[C@@H]3[C@@H]2CC[C@]2(C)[C@@H]([C@H](C)CCCC(C)C)CC[C@@H]32)C1. The molecule has 0 aromatic carbocycles. The second-order valence-corrected chi connectivity index (χ2v) is 12.6. The number of methoxy groups -OCH3 is 1. The molecule has 30 heavy (non-hydrogen) atoms. The van der Waals surface area contributed by atoms with Crippen LogP contribution in [0.2, 0.25) is 0 Å². The summed E-state index contributed by atoms with van der Waals surface area (Å²) in [5, 5.41) is 0. The maximum absolute atomic E-state index is 5.62. The molecule has 1 heterocycles. The standard InChI is InChI=1S/C28H49NO/c1-19(2)8-7-9-20(3)23-12-13-24-22-11-10-21-18-26(30-6)29-17-16-27(21,4)25(22)14-15-28(23,24)5/h19-25H,7-18H2,1-6H3/t20-,21+,22+,23-,24+,25+,27+,28-/m1/s1. The van der Waals surface area contributed by atoms with Gasteiger partial charge in [-0.3, -0.25) is 4.99 Å². The van der Waals surface area contributed by atoms with E-state index in [2.05, 4.69) is 34.6 Å². The molecule has 0 aromatic rings. The van der Waals surface area contributed by atoms with Crippen LogP contribution < -0.4 is 0 Å². The molecule has 2 nitrogen and oxygen atoms in total. The molecular formula is C28H49NO. The fourth-order valence-electron chi connectivity index (χ4n) is 9.13. The Morgan fingerprint density at radius 3 is 2.43 bits per heavy atom. The second kappa shape index (κ2) is 8.78. The van der Waals surface area contributed by atoms with Crippen LogP contribution in [0, 0.1) is 52.3 Å². The van der Waals surface area contributed by atoms with E-state index in [-0.39, 0.29) is 0 Å². The molecule has 0 amide bonds. The summed E-state index contributed by atoms with van der Waals surface area (Å²) >= 11 is 0. The molecule has 0 unspecified atom stereocenters. The smallest absolute Gasteiger partial charge is 0.183 e. The first kappa shape index (κ1) is 22.7. The van der Waals surface area contributed by atoms with Crippen molar-refractivity contribution in [1.82, 2.24) is 0 Å². The first-order valence-corrected chi connectivity index (χ1v) is 13.4. The fourth-order valence-corrected chi connectivity index (χ4v) is 9.13. The molecule has 0 aromatic heterocycles. The van der Waals surface area contributed by atoms with Gasteiger partial charge in [0.15, 0.2) is 5.90 Å². The van der Waals surface area contributed by atoms with Crippen molar-refractivity contribution in [3.05, 3.63) is 0 Å². The number of fused-ring (bicyclic) bond motifs is 5. The van der Waals surface area contributed by atoms with Crippen molar-refractivity contribution in [3.63, 3.8) is 0 Å². The predicted molar refractivity (Wildman–Crippen MR) is 128 cm³/mol. The molecule has 0 radical (unpaired) electrons. The third kappa shape index (κ3) is 3.88.